The minimum absolute atomic E-state index is 0.130. The standard InChI is InChI=1S/C13H16O2/c1-10(14)13-4-2-11(3-5-13)8-12-6-7-15-9-12/h2-5,12H,6-9H2,1H3. The Morgan fingerprint density at radius 1 is 1.40 bits per heavy atom. The zero-order chi connectivity index (χ0) is 10.7. The van der Waals surface area contributed by atoms with Crippen molar-refractivity contribution in [2.75, 3.05) is 13.2 Å². The Morgan fingerprint density at radius 3 is 2.67 bits per heavy atom. The first-order chi connectivity index (χ1) is 7.25. The summed E-state index contributed by atoms with van der Waals surface area (Å²) in [5.41, 5.74) is 2.09. The van der Waals surface area contributed by atoms with Gasteiger partial charge >= 0.3 is 0 Å². The molecule has 1 aromatic carbocycles. The van der Waals surface area contributed by atoms with Gasteiger partial charge < -0.3 is 4.74 Å². The number of carbonyl (C=O) groups excluding carboxylic acids is 1. The van der Waals surface area contributed by atoms with Crippen LogP contribution >= 0.6 is 0 Å². The van der Waals surface area contributed by atoms with Crippen LogP contribution in [0, 0.1) is 5.92 Å². The summed E-state index contributed by atoms with van der Waals surface area (Å²) in [7, 11) is 0. The molecule has 80 valence electrons. The van der Waals surface area contributed by atoms with E-state index in [1.807, 2.05) is 12.1 Å². The van der Waals surface area contributed by atoms with Crippen LogP contribution in [0.1, 0.15) is 29.3 Å². The molecule has 2 rings (SSSR count). The largest absolute Gasteiger partial charge is 0.381 e. The van der Waals surface area contributed by atoms with Crippen molar-refractivity contribution in [1.29, 1.82) is 0 Å². The normalized spacial score (nSPS) is 20.5. The number of ketones is 1. The second kappa shape index (κ2) is 4.58. The molecule has 0 N–H and O–H groups in total. The van der Waals surface area contributed by atoms with Gasteiger partial charge in [0.1, 0.15) is 0 Å². The van der Waals surface area contributed by atoms with Gasteiger partial charge in [-0.05, 0) is 31.2 Å². The molecule has 0 radical (unpaired) electrons. The molecule has 1 aromatic rings. The lowest BCUT2D eigenvalue weighted by molar-refractivity contribution is 0.101. The Kier molecular flexibility index (Phi) is 3.17. The lowest BCUT2D eigenvalue weighted by Crippen LogP contribution is -2.03. The highest BCUT2D eigenvalue weighted by atomic mass is 16.5. The third kappa shape index (κ3) is 2.66. The Balaban J connectivity index is 2.00. The maximum atomic E-state index is 11.1. The van der Waals surface area contributed by atoms with E-state index in [0.717, 1.165) is 31.6 Å². The first-order valence-electron chi connectivity index (χ1n) is 5.43. The third-order valence-electron chi connectivity index (χ3n) is 2.91. The molecule has 1 unspecified atom stereocenters. The number of hydrogen-bond donors (Lipinski definition) is 0. The zero-order valence-corrected chi connectivity index (χ0v) is 9.03. The molecule has 1 saturated heterocycles. The summed E-state index contributed by atoms with van der Waals surface area (Å²) < 4.78 is 5.34. The van der Waals surface area contributed by atoms with Crippen molar-refractivity contribution in [1.82, 2.24) is 0 Å². The van der Waals surface area contributed by atoms with E-state index in [1.165, 1.54) is 5.56 Å². The Hall–Kier alpha value is -1.15. The van der Waals surface area contributed by atoms with Crippen molar-refractivity contribution < 1.29 is 9.53 Å². The minimum atomic E-state index is 0.130. The van der Waals surface area contributed by atoms with Crippen molar-refractivity contribution in [2.24, 2.45) is 5.92 Å². The van der Waals surface area contributed by atoms with Crippen LogP contribution in [0.3, 0.4) is 0 Å². The van der Waals surface area contributed by atoms with Crippen LogP contribution in [-0.4, -0.2) is 19.0 Å². The average molecular weight is 204 g/mol. The van der Waals surface area contributed by atoms with Gasteiger partial charge in [-0.2, -0.15) is 0 Å². The van der Waals surface area contributed by atoms with Crippen LogP contribution in [0.15, 0.2) is 24.3 Å². The van der Waals surface area contributed by atoms with E-state index in [4.69, 9.17) is 4.74 Å². The smallest absolute Gasteiger partial charge is 0.159 e. The topological polar surface area (TPSA) is 26.3 Å². The fourth-order valence-electron chi connectivity index (χ4n) is 1.95. The molecule has 2 heteroatoms. The molecule has 1 aliphatic rings. The predicted octanol–water partition coefficient (Wildman–Crippen LogP) is 2.47. The van der Waals surface area contributed by atoms with Gasteiger partial charge in [0.25, 0.3) is 0 Å². The lowest BCUT2D eigenvalue weighted by atomic mass is 9.97. The van der Waals surface area contributed by atoms with Gasteiger partial charge in [0, 0.05) is 18.8 Å². The van der Waals surface area contributed by atoms with Crippen LogP contribution in [0.5, 0.6) is 0 Å². The molecule has 15 heavy (non-hydrogen) atoms. The molecule has 0 saturated carbocycles. The predicted molar refractivity (Wildman–Crippen MR) is 59.1 cm³/mol. The molecule has 0 bridgehead atoms. The maximum Gasteiger partial charge on any atom is 0.159 e. The number of hydrogen-bond acceptors (Lipinski definition) is 2. The fraction of sp³-hybridized carbons (Fsp3) is 0.462. The van der Waals surface area contributed by atoms with E-state index in [-0.39, 0.29) is 5.78 Å². The second-order valence-corrected chi connectivity index (χ2v) is 4.19. The summed E-state index contributed by atoms with van der Waals surface area (Å²) in [5, 5.41) is 0. The molecule has 2 nitrogen and oxygen atoms in total. The van der Waals surface area contributed by atoms with Gasteiger partial charge in [-0.1, -0.05) is 24.3 Å². The molecule has 1 fully saturated rings. The van der Waals surface area contributed by atoms with E-state index >= 15 is 0 Å². The van der Waals surface area contributed by atoms with Crippen molar-refractivity contribution in [2.45, 2.75) is 19.8 Å². The molecule has 0 amide bonds. The average Bonchev–Trinajstić information content (AvgIpc) is 2.71. The van der Waals surface area contributed by atoms with Crippen LogP contribution < -0.4 is 0 Å². The number of ether oxygens (including phenoxy) is 1. The van der Waals surface area contributed by atoms with Crippen LogP contribution in [-0.2, 0) is 11.2 Å². The molecular weight excluding hydrogens is 188 g/mol. The van der Waals surface area contributed by atoms with Crippen molar-refractivity contribution in [3.8, 4) is 0 Å². The number of benzene rings is 1. The number of carbonyl (C=O) groups is 1. The second-order valence-electron chi connectivity index (χ2n) is 4.19. The first kappa shape index (κ1) is 10.4. The molecule has 1 aliphatic heterocycles. The van der Waals surface area contributed by atoms with E-state index in [2.05, 4.69) is 12.1 Å². The van der Waals surface area contributed by atoms with Gasteiger partial charge in [-0.15, -0.1) is 0 Å². The zero-order valence-electron chi connectivity index (χ0n) is 9.03. The van der Waals surface area contributed by atoms with Gasteiger partial charge in [0.15, 0.2) is 5.78 Å². The monoisotopic (exact) mass is 204 g/mol. The van der Waals surface area contributed by atoms with Crippen molar-refractivity contribution >= 4 is 5.78 Å². The summed E-state index contributed by atoms with van der Waals surface area (Å²) in [6.45, 7) is 3.38. The van der Waals surface area contributed by atoms with E-state index < -0.39 is 0 Å². The highest BCUT2D eigenvalue weighted by Crippen LogP contribution is 2.18. The number of rotatable bonds is 3. The van der Waals surface area contributed by atoms with E-state index in [0.29, 0.717) is 5.92 Å². The molecular formula is C13H16O2. The Labute approximate surface area is 90.3 Å². The summed E-state index contributed by atoms with van der Waals surface area (Å²) in [6, 6.07) is 7.92. The third-order valence-corrected chi connectivity index (χ3v) is 2.91. The van der Waals surface area contributed by atoms with Gasteiger partial charge in [0.05, 0.1) is 0 Å². The molecule has 0 aliphatic carbocycles. The maximum absolute atomic E-state index is 11.1. The summed E-state index contributed by atoms with van der Waals surface area (Å²) >= 11 is 0. The molecule has 1 atom stereocenters. The minimum Gasteiger partial charge on any atom is -0.381 e. The summed E-state index contributed by atoms with van der Waals surface area (Å²) in [6.07, 6.45) is 2.23. The first-order valence-corrected chi connectivity index (χ1v) is 5.43. The molecule has 0 aromatic heterocycles. The van der Waals surface area contributed by atoms with E-state index in [1.54, 1.807) is 6.92 Å². The quantitative estimate of drug-likeness (QED) is 0.707. The van der Waals surface area contributed by atoms with Gasteiger partial charge in [-0.25, -0.2) is 0 Å². The lowest BCUT2D eigenvalue weighted by Gasteiger charge is -2.07. The van der Waals surface area contributed by atoms with Gasteiger partial charge in [-0.3, -0.25) is 4.79 Å². The highest BCUT2D eigenvalue weighted by molar-refractivity contribution is 5.93. The molecule has 1 heterocycles. The van der Waals surface area contributed by atoms with Crippen LogP contribution in [0.25, 0.3) is 0 Å². The summed E-state index contributed by atoms with van der Waals surface area (Å²) in [5.74, 6) is 0.791. The SMILES string of the molecule is CC(=O)c1ccc(CC2CCOC2)cc1. The Morgan fingerprint density at radius 2 is 2.13 bits per heavy atom. The molecule has 0 spiro atoms. The number of Topliss-reactive ketones (excluding diaryl/α,β-unsaturated/α-hetero) is 1. The summed E-state index contributed by atoms with van der Waals surface area (Å²) in [4.78, 5) is 11.1. The van der Waals surface area contributed by atoms with Crippen molar-refractivity contribution in [3.63, 3.8) is 0 Å². The van der Waals surface area contributed by atoms with Crippen LogP contribution in [0.4, 0.5) is 0 Å². The fourth-order valence-corrected chi connectivity index (χ4v) is 1.95. The van der Waals surface area contributed by atoms with Crippen molar-refractivity contribution in [3.05, 3.63) is 35.4 Å². The highest BCUT2D eigenvalue weighted by Gasteiger charge is 2.15. The van der Waals surface area contributed by atoms with Crippen LogP contribution in [0.2, 0.25) is 0 Å². The Bertz CT molecular complexity index is 334. The van der Waals surface area contributed by atoms with E-state index in [9.17, 15) is 4.79 Å². The van der Waals surface area contributed by atoms with Gasteiger partial charge in [0.2, 0.25) is 0 Å².